The van der Waals surface area contributed by atoms with Gasteiger partial charge >= 0.3 is 0 Å². The maximum atomic E-state index is 12.6. The Kier molecular flexibility index (Phi) is 4.06. The first kappa shape index (κ1) is 15.9. The summed E-state index contributed by atoms with van der Waals surface area (Å²) < 4.78 is 6.93. The summed E-state index contributed by atoms with van der Waals surface area (Å²) in [5.41, 5.74) is 1.79. The van der Waals surface area contributed by atoms with E-state index in [0.29, 0.717) is 28.6 Å². The van der Waals surface area contributed by atoms with Crippen molar-refractivity contribution >= 4 is 11.6 Å². The van der Waals surface area contributed by atoms with E-state index in [0.717, 1.165) is 18.4 Å². The highest BCUT2D eigenvalue weighted by atomic mass is 35.5. The molecule has 0 amide bonds. The Morgan fingerprint density at radius 1 is 1.39 bits per heavy atom. The van der Waals surface area contributed by atoms with Crippen LogP contribution in [0, 0.1) is 6.92 Å². The first-order valence-corrected chi connectivity index (χ1v) is 8.05. The number of aryl methyl sites for hydroxylation is 2. The Balaban J connectivity index is 2.35. The quantitative estimate of drug-likeness (QED) is 0.930. The van der Waals surface area contributed by atoms with E-state index in [9.17, 15) is 9.90 Å². The van der Waals surface area contributed by atoms with Gasteiger partial charge in [-0.2, -0.15) is 5.10 Å². The zero-order valence-electron chi connectivity index (χ0n) is 13.4. The minimum atomic E-state index is -0.363. The molecule has 0 bridgehead atoms. The summed E-state index contributed by atoms with van der Waals surface area (Å²) >= 11 is 6.26. The van der Waals surface area contributed by atoms with Gasteiger partial charge in [-0.05, 0) is 38.3 Å². The van der Waals surface area contributed by atoms with E-state index in [1.54, 1.807) is 13.1 Å². The van der Waals surface area contributed by atoms with Crippen molar-refractivity contribution < 1.29 is 9.84 Å². The summed E-state index contributed by atoms with van der Waals surface area (Å²) in [6, 6.07) is 3.55. The van der Waals surface area contributed by atoms with Gasteiger partial charge < -0.3 is 9.84 Å². The SMILES string of the molecule is CCOc1c(Cl)ccc(C)c1-c1c(O)c(C2CC2)nn(C)c1=O. The number of hydrogen-bond donors (Lipinski definition) is 1. The van der Waals surface area contributed by atoms with Gasteiger partial charge in [-0.3, -0.25) is 4.79 Å². The number of hydrogen-bond acceptors (Lipinski definition) is 4. The molecule has 1 saturated carbocycles. The van der Waals surface area contributed by atoms with Crippen molar-refractivity contribution in [3.63, 3.8) is 0 Å². The number of nitrogens with zero attached hydrogens (tertiary/aromatic N) is 2. The molecule has 1 aliphatic rings. The molecule has 0 spiro atoms. The molecule has 1 N–H and O–H groups in total. The minimum Gasteiger partial charge on any atom is -0.505 e. The second kappa shape index (κ2) is 5.89. The summed E-state index contributed by atoms with van der Waals surface area (Å²) in [5, 5.41) is 15.3. The third kappa shape index (κ3) is 2.70. The molecule has 1 heterocycles. The summed E-state index contributed by atoms with van der Waals surface area (Å²) in [6.45, 7) is 4.13. The van der Waals surface area contributed by atoms with Crippen molar-refractivity contribution in [2.45, 2.75) is 32.6 Å². The van der Waals surface area contributed by atoms with E-state index in [-0.39, 0.29) is 22.8 Å². The van der Waals surface area contributed by atoms with Gasteiger partial charge in [-0.25, -0.2) is 4.68 Å². The molecule has 1 aliphatic carbocycles. The van der Waals surface area contributed by atoms with E-state index >= 15 is 0 Å². The van der Waals surface area contributed by atoms with Crippen LogP contribution in [0.1, 0.15) is 36.9 Å². The van der Waals surface area contributed by atoms with Gasteiger partial charge in [0.1, 0.15) is 11.4 Å². The van der Waals surface area contributed by atoms with Crippen LogP contribution >= 0.6 is 11.6 Å². The van der Waals surface area contributed by atoms with E-state index < -0.39 is 0 Å². The van der Waals surface area contributed by atoms with Gasteiger partial charge in [0.05, 0.1) is 17.2 Å². The molecule has 0 atom stereocenters. The maximum absolute atomic E-state index is 12.6. The summed E-state index contributed by atoms with van der Waals surface area (Å²) in [4.78, 5) is 12.6. The molecule has 1 aromatic carbocycles. The van der Waals surface area contributed by atoms with Gasteiger partial charge in [0.25, 0.3) is 5.56 Å². The van der Waals surface area contributed by atoms with Gasteiger partial charge in [-0.15, -0.1) is 0 Å². The van der Waals surface area contributed by atoms with Gasteiger partial charge in [0.2, 0.25) is 0 Å². The molecule has 2 aromatic rings. The minimum absolute atomic E-state index is 0.0538. The zero-order valence-corrected chi connectivity index (χ0v) is 14.1. The molecule has 23 heavy (non-hydrogen) atoms. The number of aromatic nitrogens is 2. The third-order valence-corrected chi connectivity index (χ3v) is 4.36. The Bertz CT molecular complexity index is 826. The molecule has 0 aliphatic heterocycles. The van der Waals surface area contributed by atoms with E-state index in [4.69, 9.17) is 16.3 Å². The molecule has 3 rings (SSSR count). The monoisotopic (exact) mass is 334 g/mol. The van der Waals surface area contributed by atoms with Crippen LogP contribution in [0.2, 0.25) is 5.02 Å². The molecular formula is C17H19ClN2O3. The zero-order chi connectivity index (χ0) is 16.7. The van der Waals surface area contributed by atoms with Crippen molar-refractivity contribution in [3.05, 3.63) is 38.8 Å². The van der Waals surface area contributed by atoms with E-state index in [1.165, 1.54) is 4.68 Å². The average Bonchev–Trinajstić information content (AvgIpc) is 3.34. The molecule has 122 valence electrons. The van der Waals surface area contributed by atoms with Crippen LogP contribution in [0.5, 0.6) is 11.5 Å². The smallest absolute Gasteiger partial charge is 0.278 e. The summed E-state index contributed by atoms with van der Waals surface area (Å²) in [5.74, 6) is 0.590. The van der Waals surface area contributed by atoms with Crippen molar-refractivity contribution in [1.82, 2.24) is 9.78 Å². The van der Waals surface area contributed by atoms with Crippen LogP contribution < -0.4 is 10.3 Å². The lowest BCUT2D eigenvalue weighted by molar-refractivity contribution is 0.341. The number of benzene rings is 1. The van der Waals surface area contributed by atoms with Crippen LogP contribution in [0.15, 0.2) is 16.9 Å². The molecule has 0 unspecified atom stereocenters. The Labute approximate surface area is 139 Å². The van der Waals surface area contributed by atoms with E-state index in [1.807, 2.05) is 19.9 Å². The Morgan fingerprint density at radius 3 is 2.70 bits per heavy atom. The molecule has 1 aromatic heterocycles. The van der Waals surface area contributed by atoms with Crippen molar-refractivity contribution in [1.29, 1.82) is 0 Å². The lowest BCUT2D eigenvalue weighted by Gasteiger charge is -2.17. The standard InChI is InChI=1S/C17H19ClN2O3/c1-4-23-16-11(18)8-5-9(2)12(16)13-15(21)14(10-6-7-10)19-20(3)17(13)22/h5,8,10,21H,4,6-7H2,1-3H3. The average molecular weight is 335 g/mol. The summed E-state index contributed by atoms with van der Waals surface area (Å²) in [7, 11) is 1.59. The molecule has 5 nitrogen and oxygen atoms in total. The van der Waals surface area contributed by atoms with E-state index in [2.05, 4.69) is 5.10 Å². The normalized spacial score (nSPS) is 14.1. The van der Waals surface area contributed by atoms with Crippen molar-refractivity contribution in [2.75, 3.05) is 6.61 Å². The van der Waals surface area contributed by atoms with Crippen LogP contribution in [0.25, 0.3) is 11.1 Å². The lowest BCUT2D eigenvalue weighted by atomic mass is 9.98. The van der Waals surface area contributed by atoms with Gasteiger partial charge in [-0.1, -0.05) is 17.7 Å². The first-order chi connectivity index (χ1) is 11.0. The summed E-state index contributed by atoms with van der Waals surface area (Å²) in [6.07, 6.45) is 1.95. The first-order valence-electron chi connectivity index (χ1n) is 7.68. The van der Waals surface area contributed by atoms with Crippen LogP contribution in [-0.4, -0.2) is 21.5 Å². The highest BCUT2D eigenvalue weighted by Gasteiger charge is 2.32. The molecule has 6 heteroatoms. The Hall–Kier alpha value is -2.01. The van der Waals surface area contributed by atoms with Gasteiger partial charge in [0, 0.05) is 18.5 Å². The second-order valence-corrected chi connectivity index (χ2v) is 6.22. The Morgan fingerprint density at radius 2 is 2.09 bits per heavy atom. The fourth-order valence-electron chi connectivity index (χ4n) is 2.75. The molecule has 0 saturated heterocycles. The number of ether oxygens (including phenoxy) is 1. The van der Waals surface area contributed by atoms with Crippen molar-refractivity contribution in [2.24, 2.45) is 7.05 Å². The molecular weight excluding hydrogens is 316 g/mol. The van der Waals surface area contributed by atoms with Gasteiger partial charge in [0.15, 0.2) is 5.75 Å². The van der Waals surface area contributed by atoms with Crippen LogP contribution in [0.4, 0.5) is 0 Å². The largest absolute Gasteiger partial charge is 0.505 e. The van der Waals surface area contributed by atoms with Crippen molar-refractivity contribution in [3.8, 4) is 22.6 Å². The maximum Gasteiger partial charge on any atom is 0.278 e. The molecule has 0 radical (unpaired) electrons. The fraction of sp³-hybridized carbons (Fsp3) is 0.412. The number of aromatic hydroxyl groups is 1. The highest BCUT2D eigenvalue weighted by molar-refractivity contribution is 6.32. The number of halogens is 1. The second-order valence-electron chi connectivity index (χ2n) is 5.81. The van der Waals surface area contributed by atoms with Crippen LogP contribution in [-0.2, 0) is 7.05 Å². The molecule has 1 fully saturated rings. The predicted octanol–water partition coefficient (Wildman–Crippen LogP) is 3.39. The topological polar surface area (TPSA) is 64.3 Å². The lowest BCUT2D eigenvalue weighted by Crippen LogP contribution is -2.23. The fourth-order valence-corrected chi connectivity index (χ4v) is 2.97. The third-order valence-electron chi connectivity index (χ3n) is 4.07. The number of rotatable bonds is 4. The van der Waals surface area contributed by atoms with Crippen LogP contribution in [0.3, 0.4) is 0 Å². The highest BCUT2D eigenvalue weighted by Crippen LogP contribution is 2.47. The predicted molar refractivity (Wildman–Crippen MR) is 89.5 cm³/mol.